The number of rotatable bonds is 4. The zero-order valence-electron chi connectivity index (χ0n) is 10.9. The number of nitriles is 1. The molecule has 0 unspecified atom stereocenters. The Labute approximate surface area is 116 Å². The molecule has 0 radical (unpaired) electrons. The number of hydrogen-bond acceptors (Lipinski definition) is 4. The molecule has 0 aliphatic carbocycles. The topological polar surface area (TPSA) is 68.3 Å². The fraction of sp³-hybridized carbons (Fsp3) is 0.133. The molecule has 0 fully saturated rings. The summed E-state index contributed by atoms with van der Waals surface area (Å²) in [5, 5.41) is 8.81. The Bertz CT molecular complexity index is 663. The first-order chi connectivity index (χ1) is 9.63. The number of nitrogens with two attached hydrogens (primary N) is 1. The van der Waals surface area contributed by atoms with Gasteiger partial charge in [-0.15, -0.1) is 0 Å². The molecule has 0 saturated heterocycles. The molecule has 20 heavy (non-hydrogen) atoms. The Morgan fingerprint density at radius 1 is 1.20 bits per heavy atom. The predicted molar refractivity (Wildman–Crippen MR) is 72.9 cm³/mol. The average molecular weight is 272 g/mol. The van der Waals surface area contributed by atoms with Gasteiger partial charge in [-0.2, -0.15) is 5.26 Å². The van der Waals surface area contributed by atoms with Crippen LogP contribution in [0.15, 0.2) is 36.4 Å². The third-order valence-electron chi connectivity index (χ3n) is 2.75. The number of methoxy groups -OCH3 is 1. The van der Waals surface area contributed by atoms with E-state index in [4.69, 9.17) is 20.5 Å². The molecule has 0 aliphatic rings. The van der Waals surface area contributed by atoms with Gasteiger partial charge in [0.2, 0.25) is 0 Å². The van der Waals surface area contributed by atoms with Crippen molar-refractivity contribution < 1.29 is 13.9 Å². The Morgan fingerprint density at radius 3 is 2.70 bits per heavy atom. The van der Waals surface area contributed by atoms with E-state index in [9.17, 15) is 4.39 Å². The SMILES string of the molecule is COc1ccc(N)cc1OCc1cc(C#N)ccc1F. The molecule has 5 heteroatoms. The van der Waals surface area contributed by atoms with Gasteiger partial charge in [0.25, 0.3) is 0 Å². The summed E-state index contributed by atoms with van der Waals surface area (Å²) in [6, 6.07) is 11.0. The molecule has 2 aromatic carbocycles. The van der Waals surface area contributed by atoms with Crippen LogP contribution in [0.1, 0.15) is 11.1 Å². The van der Waals surface area contributed by atoms with Crippen LogP contribution in [-0.2, 0) is 6.61 Å². The second-order valence-corrected chi connectivity index (χ2v) is 4.12. The van der Waals surface area contributed by atoms with E-state index in [-0.39, 0.29) is 6.61 Å². The highest BCUT2D eigenvalue weighted by Gasteiger charge is 2.08. The highest BCUT2D eigenvalue weighted by Crippen LogP contribution is 2.30. The van der Waals surface area contributed by atoms with Crippen molar-refractivity contribution in [2.75, 3.05) is 12.8 Å². The number of halogens is 1. The zero-order chi connectivity index (χ0) is 14.5. The van der Waals surface area contributed by atoms with Gasteiger partial charge in [-0.05, 0) is 30.3 Å². The lowest BCUT2D eigenvalue weighted by Crippen LogP contribution is -2.01. The van der Waals surface area contributed by atoms with Crippen LogP contribution in [0.3, 0.4) is 0 Å². The van der Waals surface area contributed by atoms with Crippen LogP contribution in [0.25, 0.3) is 0 Å². The standard InChI is InChI=1S/C15H13FN2O2/c1-19-14-5-3-12(18)7-15(14)20-9-11-6-10(8-17)2-4-13(11)16/h2-7H,9,18H2,1H3. The lowest BCUT2D eigenvalue weighted by Gasteiger charge is -2.11. The summed E-state index contributed by atoms with van der Waals surface area (Å²) in [5.74, 6) is 0.511. The van der Waals surface area contributed by atoms with E-state index in [2.05, 4.69) is 0 Å². The third-order valence-corrected chi connectivity index (χ3v) is 2.75. The minimum absolute atomic E-state index is 0.0127. The summed E-state index contributed by atoms with van der Waals surface area (Å²) in [7, 11) is 1.51. The number of benzene rings is 2. The zero-order valence-corrected chi connectivity index (χ0v) is 10.9. The summed E-state index contributed by atoms with van der Waals surface area (Å²) in [4.78, 5) is 0. The molecule has 0 bridgehead atoms. The summed E-state index contributed by atoms with van der Waals surface area (Å²) in [6.45, 7) is -0.0127. The van der Waals surface area contributed by atoms with Crippen molar-refractivity contribution in [1.82, 2.24) is 0 Å². The minimum atomic E-state index is -0.424. The Kier molecular flexibility index (Phi) is 4.06. The maximum atomic E-state index is 13.6. The van der Waals surface area contributed by atoms with Crippen molar-refractivity contribution in [2.45, 2.75) is 6.61 Å². The van der Waals surface area contributed by atoms with E-state index in [1.807, 2.05) is 6.07 Å². The van der Waals surface area contributed by atoms with Crippen LogP contribution in [-0.4, -0.2) is 7.11 Å². The van der Waals surface area contributed by atoms with Crippen molar-refractivity contribution in [3.05, 3.63) is 53.3 Å². The van der Waals surface area contributed by atoms with Crippen LogP contribution >= 0.6 is 0 Å². The van der Waals surface area contributed by atoms with Gasteiger partial charge >= 0.3 is 0 Å². The van der Waals surface area contributed by atoms with Crippen molar-refractivity contribution >= 4 is 5.69 Å². The van der Waals surface area contributed by atoms with E-state index in [0.29, 0.717) is 28.3 Å². The molecule has 0 heterocycles. The summed E-state index contributed by atoms with van der Waals surface area (Å²) in [5.41, 5.74) is 6.87. The molecule has 0 atom stereocenters. The maximum absolute atomic E-state index is 13.6. The lowest BCUT2D eigenvalue weighted by atomic mass is 10.1. The van der Waals surface area contributed by atoms with E-state index in [0.717, 1.165) is 0 Å². The Hall–Kier alpha value is -2.74. The molecule has 0 spiro atoms. The lowest BCUT2D eigenvalue weighted by molar-refractivity contribution is 0.280. The van der Waals surface area contributed by atoms with Gasteiger partial charge in [0.15, 0.2) is 11.5 Å². The van der Waals surface area contributed by atoms with Crippen LogP contribution < -0.4 is 15.2 Å². The second kappa shape index (κ2) is 5.93. The molecule has 4 nitrogen and oxygen atoms in total. The highest BCUT2D eigenvalue weighted by molar-refractivity contribution is 5.52. The van der Waals surface area contributed by atoms with Crippen LogP contribution in [0, 0.1) is 17.1 Å². The largest absolute Gasteiger partial charge is 0.493 e. The number of nitrogen functional groups attached to an aromatic ring is 1. The molecule has 102 valence electrons. The first-order valence-electron chi connectivity index (χ1n) is 5.89. The maximum Gasteiger partial charge on any atom is 0.163 e. The van der Waals surface area contributed by atoms with Gasteiger partial charge in [-0.1, -0.05) is 0 Å². The predicted octanol–water partition coefficient (Wildman–Crippen LogP) is 2.87. The summed E-state index contributed by atoms with van der Waals surface area (Å²) < 4.78 is 24.3. The number of hydrogen-bond donors (Lipinski definition) is 1. The van der Waals surface area contributed by atoms with Crippen molar-refractivity contribution in [3.8, 4) is 17.6 Å². The van der Waals surface area contributed by atoms with E-state index < -0.39 is 5.82 Å². The van der Waals surface area contributed by atoms with E-state index in [1.54, 1.807) is 18.2 Å². The Morgan fingerprint density at radius 2 is 2.00 bits per heavy atom. The molecular formula is C15H13FN2O2. The fourth-order valence-corrected chi connectivity index (χ4v) is 1.72. The smallest absolute Gasteiger partial charge is 0.163 e. The normalized spacial score (nSPS) is 9.85. The van der Waals surface area contributed by atoms with Crippen LogP contribution in [0.2, 0.25) is 0 Å². The third kappa shape index (κ3) is 2.98. The molecule has 2 aromatic rings. The van der Waals surface area contributed by atoms with Gasteiger partial charge in [0.1, 0.15) is 12.4 Å². The van der Waals surface area contributed by atoms with Crippen LogP contribution in [0.4, 0.5) is 10.1 Å². The van der Waals surface area contributed by atoms with Gasteiger partial charge in [-0.25, -0.2) is 4.39 Å². The average Bonchev–Trinajstić information content (AvgIpc) is 2.46. The molecular weight excluding hydrogens is 259 g/mol. The molecule has 2 rings (SSSR count). The monoisotopic (exact) mass is 272 g/mol. The van der Waals surface area contributed by atoms with E-state index in [1.165, 1.54) is 25.3 Å². The van der Waals surface area contributed by atoms with E-state index >= 15 is 0 Å². The van der Waals surface area contributed by atoms with Crippen molar-refractivity contribution in [1.29, 1.82) is 5.26 Å². The van der Waals surface area contributed by atoms with Gasteiger partial charge in [-0.3, -0.25) is 0 Å². The number of nitrogens with zero attached hydrogens (tertiary/aromatic N) is 1. The van der Waals surface area contributed by atoms with Gasteiger partial charge in [0.05, 0.1) is 18.7 Å². The van der Waals surface area contributed by atoms with Gasteiger partial charge < -0.3 is 15.2 Å². The molecule has 0 saturated carbocycles. The molecule has 0 aliphatic heterocycles. The van der Waals surface area contributed by atoms with Crippen molar-refractivity contribution in [3.63, 3.8) is 0 Å². The number of anilines is 1. The first kappa shape index (κ1) is 13.7. The van der Waals surface area contributed by atoms with Gasteiger partial charge in [0, 0.05) is 17.3 Å². The highest BCUT2D eigenvalue weighted by atomic mass is 19.1. The number of ether oxygens (including phenoxy) is 2. The van der Waals surface area contributed by atoms with Crippen molar-refractivity contribution in [2.24, 2.45) is 0 Å². The second-order valence-electron chi connectivity index (χ2n) is 4.12. The fourth-order valence-electron chi connectivity index (χ4n) is 1.72. The summed E-state index contributed by atoms with van der Waals surface area (Å²) in [6.07, 6.45) is 0. The summed E-state index contributed by atoms with van der Waals surface area (Å²) >= 11 is 0. The minimum Gasteiger partial charge on any atom is -0.493 e. The Balaban J connectivity index is 2.21. The quantitative estimate of drug-likeness (QED) is 0.869. The molecule has 0 amide bonds. The molecule has 2 N–H and O–H groups in total. The first-order valence-corrected chi connectivity index (χ1v) is 5.89. The molecule has 0 aromatic heterocycles. The van der Waals surface area contributed by atoms with Crippen LogP contribution in [0.5, 0.6) is 11.5 Å².